The first kappa shape index (κ1) is 10.7. The molecule has 0 amide bonds. The molecule has 1 aliphatic rings. The second-order valence-electron chi connectivity index (χ2n) is 4.08. The summed E-state index contributed by atoms with van der Waals surface area (Å²) in [6, 6.07) is 0. The van der Waals surface area contributed by atoms with Crippen LogP contribution in [0.3, 0.4) is 0 Å². The summed E-state index contributed by atoms with van der Waals surface area (Å²) in [7, 11) is 0. The van der Waals surface area contributed by atoms with Crippen LogP contribution in [0, 0.1) is 0 Å². The normalized spacial score (nSPS) is 30.4. The summed E-state index contributed by atoms with van der Waals surface area (Å²) in [6.45, 7) is 7.37. The Morgan fingerprint density at radius 3 is 2.92 bits per heavy atom. The summed E-state index contributed by atoms with van der Waals surface area (Å²) in [6.07, 6.45) is 1.31. The number of hydrogen-bond donors (Lipinski definition) is 1. The molecule has 0 aromatic heterocycles. The van der Waals surface area contributed by atoms with E-state index in [1.165, 1.54) is 0 Å². The van der Waals surface area contributed by atoms with Crippen molar-refractivity contribution in [2.75, 3.05) is 26.2 Å². The fourth-order valence-electron chi connectivity index (χ4n) is 1.82. The van der Waals surface area contributed by atoms with Gasteiger partial charge in [-0.05, 0) is 26.3 Å². The van der Waals surface area contributed by atoms with E-state index >= 15 is 0 Å². The molecule has 1 saturated heterocycles. The van der Waals surface area contributed by atoms with E-state index in [9.17, 15) is 4.39 Å². The first-order chi connectivity index (χ1) is 6.06. The van der Waals surface area contributed by atoms with E-state index in [0.29, 0.717) is 13.0 Å². The Morgan fingerprint density at radius 2 is 2.38 bits per heavy atom. The highest BCUT2D eigenvalue weighted by atomic mass is 19.1. The summed E-state index contributed by atoms with van der Waals surface area (Å²) >= 11 is 0. The van der Waals surface area contributed by atoms with Crippen LogP contribution in [0.15, 0.2) is 12.2 Å². The molecule has 1 heterocycles. The lowest BCUT2D eigenvalue weighted by Crippen LogP contribution is -2.47. The van der Waals surface area contributed by atoms with Gasteiger partial charge >= 0.3 is 0 Å². The highest BCUT2D eigenvalue weighted by Gasteiger charge is 2.34. The van der Waals surface area contributed by atoms with Crippen LogP contribution >= 0.6 is 0 Å². The van der Waals surface area contributed by atoms with Crippen LogP contribution in [0.1, 0.15) is 19.8 Å². The molecule has 0 aromatic rings. The number of nitrogens with zero attached hydrogens (tertiary/aromatic N) is 1. The maximum Gasteiger partial charge on any atom is 0.146 e. The van der Waals surface area contributed by atoms with Gasteiger partial charge in [-0.15, -0.1) is 0 Å². The van der Waals surface area contributed by atoms with E-state index in [2.05, 4.69) is 6.58 Å². The number of hydrogen-bond acceptors (Lipinski definition) is 2. The second kappa shape index (κ2) is 4.20. The summed E-state index contributed by atoms with van der Waals surface area (Å²) in [5, 5.41) is 8.88. The third-order valence-corrected chi connectivity index (χ3v) is 2.38. The van der Waals surface area contributed by atoms with Crippen molar-refractivity contribution in [3.05, 3.63) is 12.2 Å². The van der Waals surface area contributed by atoms with Gasteiger partial charge in [-0.25, -0.2) is 4.39 Å². The van der Waals surface area contributed by atoms with Gasteiger partial charge < -0.3 is 5.11 Å². The molecule has 1 aliphatic heterocycles. The molecule has 0 unspecified atom stereocenters. The number of aliphatic hydroxyl groups is 1. The number of alkyl halides is 1. The lowest BCUT2D eigenvalue weighted by Gasteiger charge is -2.36. The van der Waals surface area contributed by atoms with Gasteiger partial charge in [0.2, 0.25) is 0 Å². The van der Waals surface area contributed by atoms with Crippen molar-refractivity contribution in [2.45, 2.75) is 25.4 Å². The van der Waals surface area contributed by atoms with Gasteiger partial charge in [0, 0.05) is 13.1 Å². The molecule has 3 heteroatoms. The van der Waals surface area contributed by atoms with Crippen LogP contribution in [-0.2, 0) is 0 Å². The second-order valence-corrected chi connectivity index (χ2v) is 4.08. The Hall–Kier alpha value is -0.410. The predicted molar refractivity (Wildman–Crippen MR) is 51.4 cm³/mol. The number of rotatable bonds is 3. The Balaban J connectivity index is 2.46. The molecular formula is C10H18FNO. The van der Waals surface area contributed by atoms with Gasteiger partial charge in [-0.3, -0.25) is 4.90 Å². The largest absolute Gasteiger partial charge is 0.393 e. The predicted octanol–water partition coefficient (Wildman–Crippen LogP) is 1.36. The van der Waals surface area contributed by atoms with Gasteiger partial charge in [0.15, 0.2) is 0 Å². The monoisotopic (exact) mass is 187 g/mol. The van der Waals surface area contributed by atoms with Crippen molar-refractivity contribution in [2.24, 2.45) is 0 Å². The Labute approximate surface area is 79.0 Å². The van der Waals surface area contributed by atoms with Gasteiger partial charge in [0.1, 0.15) is 5.67 Å². The van der Waals surface area contributed by atoms with Crippen molar-refractivity contribution in [1.82, 2.24) is 4.90 Å². The molecule has 1 rings (SSSR count). The number of likely N-dealkylation sites (tertiary alicyclic amines) is 1. The standard InChI is InChI=1S/C10H18FNO/c1-9(2)6-12-5-3-4-10(11,7-12)8-13/h13H,1,3-8H2,2H3/t10-/m1/s1. The zero-order valence-corrected chi connectivity index (χ0v) is 8.22. The van der Waals surface area contributed by atoms with Crippen molar-refractivity contribution < 1.29 is 9.50 Å². The molecule has 1 atom stereocenters. The van der Waals surface area contributed by atoms with E-state index < -0.39 is 5.67 Å². The Morgan fingerprint density at radius 1 is 1.69 bits per heavy atom. The Kier molecular flexibility index (Phi) is 3.45. The minimum atomic E-state index is -1.38. The maximum atomic E-state index is 13.7. The van der Waals surface area contributed by atoms with Crippen LogP contribution in [0.2, 0.25) is 0 Å². The molecule has 0 saturated carbocycles. The summed E-state index contributed by atoms with van der Waals surface area (Å²) in [5.74, 6) is 0. The maximum absolute atomic E-state index is 13.7. The molecule has 1 N–H and O–H groups in total. The van der Waals surface area contributed by atoms with E-state index in [0.717, 1.165) is 25.1 Å². The fourth-order valence-corrected chi connectivity index (χ4v) is 1.82. The van der Waals surface area contributed by atoms with Crippen LogP contribution in [0.4, 0.5) is 4.39 Å². The summed E-state index contributed by atoms with van der Waals surface area (Å²) in [4.78, 5) is 2.02. The Bertz CT molecular complexity index is 195. The molecule has 1 fully saturated rings. The summed E-state index contributed by atoms with van der Waals surface area (Å²) in [5.41, 5.74) is -0.338. The van der Waals surface area contributed by atoms with E-state index in [1.54, 1.807) is 0 Å². The molecule has 0 spiro atoms. The molecular weight excluding hydrogens is 169 g/mol. The quantitative estimate of drug-likeness (QED) is 0.674. The lowest BCUT2D eigenvalue weighted by atomic mass is 9.95. The van der Waals surface area contributed by atoms with Crippen molar-refractivity contribution in [1.29, 1.82) is 0 Å². The van der Waals surface area contributed by atoms with Gasteiger partial charge in [0.25, 0.3) is 0 Å². The molecule has 76 valence electrons. The lowest BCUT2D eigenvalue weighted by molar-refractivity contribution is 0.00200. The molecule has 13 heavy (non-hydrogen) atoms. The molecule has 0 radical (unpaired) electrons. The molecule has 2 nitrogen and oxygen atoms in total. The smallest absolute Gasteiger partial charge is 0.146 e. The van der Waals surface area contributed by atoms with E-state index in [-0.39, 0.29) is 6.61 Å². The van der Waals surface area contributed by atoms with Gasteiger partial charge in [0.05, 0.1) is 6.61 Å². The minimum Gasteiger partial charge on any atom is -0.393 e. The van der Waals surface area contributed by atoms with Crippen LogP contribution in [0.25, 0.3) is 0 Å². The third kappa shape index (κ3) is 3.08. The van der Waals surface area contributed by atoms with Gasteiger partial charge in [-0.2, -0.15) is 0 Å². The first-order valence-corrected chi connectivity index (χ1v) is 4.72. The molecule has 0 aliphatic carbocycles. The SMILES string of the molecule is C=C(C)CN1CCC[C@](F)(CO)C1. The highest BCUT2D eigenvalue weighted by molar-refractivity contribution is 4.96. The van der Waals surface area contributed by atoms with E-state index in [4.69, 9.17) is 5.11 Å². The van der Waals surface area contributed by atoms with Gasteiger partial charge in [-0.1, -0.05) is 12.2 Å². The average molecular weight is 187 g/mol. The number of piperidine rings is 1. The van der Waals surface area contributed by atoms with E-state index in [1.807, 2.05) is 11.8 Å². The number of aliphatic hydroxyl groups excluding tert-OH is 1. The van der Waals surface area contributed by atoms with Crippen LogP contribution in [0.5, 0.6) is 0 Å². The third-order valence-electron chi connectivity index (χ3n) is 2.38. The van der Waals surface area contributed by atoms with Crippen molar-refractivity contribution in [3.63, 3.8) is 0 Å². The topological polar surface area (TPSA) is 23.5 Å². The average Bonchev–Trinajstić information content (AvgIpc) is 2.03. The zero-order chi connectivity index (χ0) is 9.90. The van der Waals surface area contributed by atoms with Crippen LogP contribution < -0.4 is 0 Å². The van der Waals surface area contributed by atoms with Crippen molar-refractivity contribution in [3.8, 4) is 0 Å². The zero-order valence-electron chi connectivity index (χ0n) is 8.22. The molecule has 0 bridgehead atoms. The van der Waals surface area contributed by atoms with Crippen molar-refractivity contribution >= 4 is 0 Å². The first-order valence-electron chi connectivity index (χ1n) is 4.72. The minimum absolute atomic E-state index is 0.344. The summed E-state index contributed by atoms with van der Waals surface area (Å²) < 4.78 is 13.7. The fraction of sp³-hybridized carbons (Fsp3) is 0.800. The van der Waals surface area contributed by atoms with Crippen LogP contribution in [-0.4, -0.2) is 41.9 Å². The molecule has 0 aromatic carbocycles. The highest BCUT2D eigenvalue weighted by Crippen LogP contribution is 2.24. The number of halogens is 1.